The highest BCUT2D eigenvalue weighted by Gasteiger charge is 2.19. The first-order valence-corrected chi connectivity index (χ1v) is 8.18. The number of aromatic nitrogens is 4. The Morgan fingerprint density at radius 3 is 2.62 bits per heavy atom. The van der Waals surface area contributed by atoms with Crippen molar-refractivity contribution in [3.8, 4) is 5.69 Å². The summed E-state index contributed by atoms with van der Waals surface area (Å²) in [5, 5.41) is 5.50. The van der Waals surface area contributed by atoms with E-state index in [9.17, 15) is 9.18 Å². The van der Waals surface area contributed by atoms with Crippen LogP contribution in [0.1, 0.15) is 6.92 Å². The molecule has 3 aromatic rings. The average molecular weight is 345 g/mol. The van der Waals surface area contributed by atoms with E-state index in [4.69, 9.17) is 0 Å². The molecule has 2 heterocycles. The van der Waals surface area contributed by atoms with Gasteiger partial charge in [-0.15, -0.1) is 0 Å². The van der Waals surface area contributed by atoms with Crippen LogP contribution in [-0.2, 0) is 4.79 Å². The molecule has 6 nitrogen and oxygen atoms in total. The number of thioether (sulfide) groups is 1. The molecule has 0 aliphatic heterocycles. The van der Waals surface area contributed by atoms with Gasteiger partial charge in [-0.1, -0.05) is 11.8 Å². The maximum atomic E-state index is 13.1. The summed E-state index contributed by atoms with van der Waals surface area (Å²) in [6.07, 6.45) is 3.10. The third-order valence-corrected chi connectivity index (χ3v) is 4.58. The van der Waals surface area contributed by atoms with Gasteiger partial charge in [0.25, 0.3) is 0 Å². The van der Waals surface area contributed by atoms with E-state index in [1.54, 1.807) is 42.0 Å². The minimum atomic E-state index is -0.308. The molecule has 2 aromatic heterocycles. The van der Waals surface area contributed by atoms with Crippen molar-refractivity contribution in [2.45, 2.75) is 17.2 Å². The summed E-state index contributed by atoms with van der Waals surface area (Å²) in [4.78, 5) is 22.2. The smallest absolute Gasteiger partial charge is 0.235 e. The molecule has 3 rings (SSSR count). The van der Waals surface area contributed by atoms with Crippen LogP contribution < -0.4 is 0 Å². The second kappa shape index (κ2) is 6.56. The van der Waals surface area contributed by atoms with E-state index >= 15 is 0 Å². The quantitative estimate of drug-likeness (QED) is 0.537. The molecular weight excluding hydrogens is 329 g/mol. The summed E-state index contributed by atoms with van der Waals surface area (Å²) in [6.45, 7) is 1.84. The Morgan fingerprint density at radius 2 is 1.96 bits per heavy atom. The lowest BCUT2D eigenvalue weighted by Crippen LogP contribution is -2.29. The first-order valence-electron chi connectivity index (χ1n) is 7.30. The van der Waals surface area contributed by atoms with E-state index in [0.717, 1.165) is 5.39 Å². The maximum Gasteiger partial charge on any atom is 0.235 e. The van der Waals surface area contributed by atoms with Crippen LogP contribution in [0.5, 0.6) is 0 Å². The average Bonchev–Trinajstić information content (AvgIpc) is 3.00. The number of hydrogen-bond donors (Lipinski definition) is 0. The van der Waals surface area contributed by atoms with Gasteiger partial charge in [-0.05, 0) is 31.2 Å². The van der Waals surface area contributed by atoms with Gasteiger partial charge in [0.2, 0.25) is 5.91 Å². The number of halogens is 1. The highest BCUT2D eigenvalue weighted by Crippen LogP contribution is 2.29. The van der Waals surface area contributed by atoms with E-state index in [2.05, 4.69) is 15.1 Å². The number of fused-ring (bicyclic) bond motifs is 1. The van der Waals surface area contributed by atoms with Gasteiger partial charge in [-0.25, -0.2) is 19.0 Å². The van der Waals surface area contributed by atoms with Crippen LogP contribution in [0.25, 0.3) is 16.7 Å². The molecule has 0 aliphatic carbocycles. The normalized spacial score (nSPS) is 12.3. The molecule has 1 aromatic carbocycles. The van der Waals surface area contributed by atoms with E-state index in [1.165, 1.54) is 30.2 Å². The fraction of sp³-hybridized carbons (Fsp3) is 0.250. The number of rotatable bonds is 4. The first-order chi connectivity index (χ1) is 11.5. The highest BCUT2D eigenvalue weighted by atomic mass is 32.2. The Bertz CT molecular complexity index is 878. The summed E-state index contributed by atoms with van der Waals surface area (Å²) in [5.74, 6) is -0.296. The van der Waals surface area contributed by atoms with E-state index in [1.807, 2.05) is 6.92 Å². The summed E-state index contributed by atoms with van der Waals surface area (Å²) < 4.78 is 14.7. The van der Waals surface area contributed by atoms with Crippen LogP contribution in [0.3, 0.4) is 0 Å². The molecule has 124 valence electrons. The van der Waals surface area contributed by atoms with E-state index in [-0.39, 0.29) is 17.0 Å². The van der Waals surface area contributed by atoms with Crippen LogP contribution in [0.15, 0.2) is 41.8 Å². The third kappa shape index (κ3) is 3.09. The third-order valence-electron chi connectivity index (χ3n) is 3.48. The topological polar surface area (TPSA) is 63.9 Å². The molecule has 0 N–H and O–H groups in total. The zero-order chi connectivity index (χ0) is 17.3. The maximum absolute atomic E-state index is 13.1. The molecule has 24 heavy (non-hydrogen) atoms. The molecular formula is C16H16FN5OS. The van der Waals surface area contributed by atoms with Crippen molar-refractivity contribution in [3.63, 3.8) is 0 Å². The monoisotopic (exact) mass is 345 g/mol. The standard InChI is InChI=1S/C16H16FN5OS/c1-10(16(23)21(2)3)24-15-13-8-20-22(14(13)18-9-19-15)12-6-4-11(17)5-7-12/h4-10H,1-3H3. The van der Waals surface area contributed by atoms with Crippen molar-refractivity contribution < 1.29 is 9.18 Å². The summed E-state index contributed by atoms with van der Waals surface area (Å²) >= 11 is 1.36. The second-order valence-electron chi connectivity index (χ2n) is 5.44. The molecule has 0 fully saturated rings. The number of amides is 1. The minimum absolute atomic E-state index is 0.0117. The van der Waals surface area contributed by atoms with Gasteiger partial charge >= 0.3 is 0 Å². The SMILES string of the molecule is CC(Sc1ncnc2c1cnn2-c1ccc(F)cc1)C(=O)N(C)C. The Kier molecular flexibility index (Phi) is 4.48. The van der Waals surface area contributed by atoms with Crippen LogP contribution in [0.2, 0.25) is 0 Å². The van der Waals surface area contributed by atoms with Crippen molar-refractivity contribution in [1.82, 2.24) is 24.6 Å². The van der Waals surface area contributed by atoms with Crippen LogP contribution in [-0.4, -0.2) is 49.9 Å². The number of benzene rings is 1. The number of nitrogens with zero attached hydrogens (tertiary/aromatic N) is 5. The van der Waals surface area contributed by atoms with Gasteiger partial charge < -0.3 is 4.90 Å². The van der Waals surface area contributed by atoms with E-state index < -0.39 is 0 Å². The summed E-state index contributed by atoms with van der Waals surface area (Å²) in [7, 11) is 3.45. The van der Waals surface area contributed by atoms with Gasteiger partial charge in [0.1, 0.15) is 17.2 Å². The Morgan fingerprint density at radius 1 is 1.25 bits per heavy atom. The largest absolute Gasteiger partial charge is 0.348 e. The predicted octanol–water partition coefficient (Wildman–Crippen LogP) is 2.52. The lowest BCUT2D eigenvalue weighted by Gasteiger charge is -2.15. The molecule has 0 saturated carbocycles. The van der Waals surface area contributed by atoms with Gasteiger partial charge in [0.15, 0.2) is 5.65 Å². The van der Waals surface area contributed by atoms with Crippen molar-refractivity contribution in [2.75, 3.05) is 14.1 Å². The molecule has 1 atom stereocenters. The fourth-order valence-corrected chi connectivity index (χ4v) is 3.29. The minimum Gasteiger partial charge on any atom is -0.348 e. The van der Waals surface area contributed by atoms with E-state index in [0.29, 0.717) is 16.4 Å². The summed E-state index contributed by atoms with van der Waals surface area (Å²) in [6, 6.07) is 6.01. The lowest BCUT2D eigenvalue weighted by molar-refractivity contribution is -0.127. The molecule has 0 saturated heterocycles. The van der Waals surface area contributed by atoms with Gasteiger partial charge in [0, 0.05) is 14.1 Å². The number of hydrogen-bond acceptors (Lipinski definition) is 5. The second-order valence-corrected chi connectivity index (χ2v) is 6.77. The predicted molar refractivity (Wildman–Crippen MR) is 90.6 cm³/mol. The molecule has 1 unspecified atom stereocenters. The van der Waals surface area contributed by atoms with Crippen LogP contribution in [0.4, 0.5) is 4.39 Å². The summed E-state index contributed by atoms with van der Waals surface area (Å²) in [5.41, 5.74) is 1.32. The molecule has 8 heteroatoms. The molecule has 0 bridgehead atoms. The Balaban J connectivity index is 1.97. The molecule has 0 spiro atoms. The first kappa shape index (κ1) is 16.4. The van der Waals surface area contributed by atoms with Crippen molar-refractivity contribution >= 4 is 28.7 Å². The zero-order valence-electron chi connectivity index (χ0n) is 13.5. The van der Waals surface area contributed by atoms with Gasteiger partial charge in [-0.2, -0.15) is 5.10 Å². The lowest BCUT2D eigenvalue weighted by atomic mass is 10.3. The van der Waals surface area contributed by atoms with Gasteiger partial charge in [-0.3, -0.25) is 4.79 Å². The molecule has 1 amide bonds. The van der Waals surface area contributed by atoms with Crippen molar-refractivity contribution in [1.29, 1.82) is 0 Å². The number of carbonyl (C=O) groups is 1. The number of carbonyl (C=O) groups excluding carboxylic acids is 1. The van der Waals surface area contributed by atoms with Crippen LogP contribution >= 0.6 is 11.8 Å². The van der Waals surface area contributed by atoms with Crippen LogP contribution in [0, 0.1) is 5.82 Å². The molecule has 0 aliphatic rings. The van der Waals surface area contributed by atoms with Crippen molar-refractivity contribution in [3.05, 3.63) is 42.6 Å². The Labute approximate surface area is 142 Å². The molecule has 0 radical (unpaired) electrons. The van der Waals surface area contributed by atoms with Gasteiger partial charge in [0.05, 0.1) is 22.5 Å². The zero-order valence-corrected chi connectivity index (χ0v) is 14.3. The fourth-order valence-electron chi connectivity index (χ4n) is 2.27. The highest BCUT2D eigenvalue weighted by molar-refractivity contribution is 8.00. The Hall–Kier alpha value is -2.48. The van der Waals surface area contributed by atoms with Crippen molar-refractivity contribution in [2.24, 2.45) is 0 Å².